The molecule has 23 heavy (non-hydrogen) atoms. The average molecular weight is 321 g/mol. The molecule has 1 aromatic rings. The smallest absolute Gasteiger partial charge is 0.213 e. The van der Waals surface area contributed by atoms with E-state index in [1.54, 1.807) is 6.20 Å². The van der Waals surface area contributed by atoms with Gasteiger partial charge in [-0.1, -0.05) is 6.08 Å². The summed E-state index contributed by atoms with van der Waals surface area (Å²) in [7, 11) is 0. The third-order valence-corrected chi connectivity index (χ3v) is 3.66. The molecule has 6 heteroatoms. The van der Waals surface area contributed by atoms with Gasteiger partial charge in [0.1, 0.15) is 6.61 Å². The van der Waals surface area contributed by atoms with Crippen LogP contribution in [0.4, 0.5) is 0 Å². The highest BCUT2D eigenvalue weighted by Gasteiger charge is 2.18. The highest BCUT2D eigenvalue weighted by Crippen LogP contribution is 2.24. The molecule has 0 aliphatic carbocycles. The van der Waals surface area contributed by atoms with Gasteiger partial charge in [0.05, 0.1) is 19.8 Å². The van der Waals surface area contributed by atoms with E-state index in [1.165, 1.54) is 6.42 Å². The minimum absolute atomic E-state index is 0.0564. The predicted molar refractivity (Wildman–Crippen MR) is 83.1 cm³/mol. The van der Waals surface area contributed by atoms with Crippen molar-refractivity contribution in [2.75, 3.05) is 33.0 Å². The Morgan fingerprint density at radius 2 is 1.96 bits per heavy atom. The lowest BCUT2D eigenvalue weighted by Gasteiger charge is -2.21. The molecule has 0 bridgehead atoms. The maximum atomic E-state index is 5.61. The third-order valence-electron chi connectivity index (χ3n) is 3.66. The van der Waals surface area contributed by atoms with Crippen LogP contribution in [-0.4, -0.2) is 44.3 Å². The van der Waals surface area contributed by atoms with Gasteiger partial charge in [0.2, 0.25) is 5.88 Å². The Hall–Kier alpha value is -1.47. The van der Waals surface area contributed by atoms with Crippen molar-refractivity contribution in [1.82, 2.24) is 4.98 Å². The van der Waals surface area contributed by atoms with E-state index < -0.39 is 0 Å². The lowest BCUT2D eigenvalue weighted by Crippen LogP contribution is -2.22. The number of pyridine rings is 1. The van der Waals surface area contributed by atoms with E-state index in [0.29, 0.717) is 32.3 Å². The summed E-state index contributed by atoms with van der Waals surface area (Å²) < 4.78 is 27.6. The fourth-order valence-electron chi connectivity index (χ4n) is 2.48. The number of ether oxygens (including phenoxy) is 5. The number of aromatic nitrogens is 1. The minimum atomic E-state index is -0.306. The highest BCUT2D eigenvalue weighted by atomic mass is 16.7. The molecule has 1 atom stereocenters. The molecule has 2 saturated heterocycles. The summed E-state index contributed by atoms with van der Waals surface area (Å²) in [5.41, 5.74) is 0.925. The fourth-order valence-corrected chi connectivity index (χ4v) is 2.48. The van der Waals surface area contributed by atoms with E-state index >= 15 is 0 Å². The van der Waals surface area contributed by atoms with Crippen LogP contribution >= 0.6 is 0 Å². The maximum Gasteiger partial charge on any atom is 0.213 e. The minimum Gasteiger partial charge on any atom is -0.473 e. The molecule has 0 spiro atoms. The number of hydrogen-bond acceptors (Lipinski definition) is 6. The van der Waals surface area contributed by atoms with E-state index in [-0.39, 0.29) is 12.6 Å². The Morgan fingerprint density at radius 3 is 2.78 bits per heavy atom. The molecule has 1 aromatic heterocycles. The molecule has 2 fully saturated rings. The molecule has 0 radical (unpaired) electrons. The zero-order valence-corrected chi connectivity index (χ0v) is 13.2. The summed E-state index contributed by atoms with van der Waals surface area (Å²) in [5, 5.41) is 0. The number of rotatable bonds is 7. The predicted octanol–water partition coefficient (Wildman–Crippen LogP) is 2.61. The molecule has 2 aliphatic rings. The quantitative estimate of drug-likeness (QED) is 0.720. The van der Waals surface area contributed by atoms with Crippen LogP contribution in [0.2, 0.25) is 0 Å². The Balaban J connectivity index is 1.36. The van der Waals surface area contributed by atoms with Gasteiger partial charge in [0.15, 0.2) is 12.6 Å². The Kier molecular flexibility index (Phi) is 6.40. The molecular weight excluding hydrogens is 298 g/mol. The Labute approximate surface area is 136 Å². The second kappa shape index (κ2) is 8.98. The van der Waals surface area contributed by atoms with Crippen LogP contribution in [0.1, 0.15) is 31.1 Å². The van der Waals surface area contributed by atoms with Gasteiger partial charge in [0.25, 0.3) is 0 Å². The first kappa shape index (κ1) is 16.4. The lowest BCUT2D eigenvalue weighted by atomic mass is 10.2. The molecule has 126 valence electrons. The second-order valence-electron chi connectivity index (χ2n) is 5.41. The molecule has 1 unspecified atom stereocenters. The molecule has 3 rings (SSSR count). The zero-order valence-electron chi connectivity index (χ0n) is 13.2. The van der Waals surface area contributed by atoms with Gasteiger partial charge in [-0.15, -0.1) is 0 Å². The monoisotopic (exact) mass is 321 g/mol. The molecule has 0 N–H and O–H groups in total. The summed E-state index contributed by atoms with van der Waals surface area (Å²) in [5.74, 6) is 0.558. The van der Waals surface area contributed by atoms with E-state index in [0.717, 1.165) is 25.0 Å². The van der Waals surface area contributed by atoms with Crippen molar-refractivity contribution in [3.8, 4) is 5.88 Å². The first-order valence-electron chi connectivity index (χ1n) is 8.12. The van der Waals surface area contributed by atoms with Crippen LogP contribution in [0.25, 0.3) is 0 Å². The van der Waals surface area contributed by atoms with Crippen LogP contribution in [-0.2, 0) is 18.9 Å². The Bertz CT molecular complexity index is 496. The largest absolute Gasteiger partial charge is 0.473 e. The van der Waals surface area contributed by atoms with Gasteiger partial charge in [-0.3, -0.25) is 0 Å². The van der Waals surface area contributed by atoms with Crippen LogP contribution in [0.15, 0.2) is 30.5 Å². The van der Waals surface area contributed by atoms with E-state index in [2.05, 4.69) is 4.98 Å². The first-order chi connectivity index (χ1) is 11.4. The van der Waals surface area contributed by atoms with Crippen molar-refractivity contribution in [3.63, 3.8) is 0 Å². The van der Waals surface area contributed by atoms with Crippen LogP contribution in [0.5, 0.6) is 5.88 Å². The van der Waals surface area contributed by atoms with Crippen molar-refractivity contribution in [1.29, 1.82) is 0 Å². The second-order valence-corrected chi connectivity index (χ2v) is 5.41. The molecule has 3 heterocycles. The lowest BCUT2D eigenvalue weighted by molar-refractivity contribution is -0.155. The Morgan fingerprint density at radius 1 is 1.09 bits per heavy atom. The fraction of sp³-hybridized carbons (Fsp3) is 0.588. The van der Waals surface area contributed by atoms with Crippen molar-refractivity contribution in [2.45, 2.75) is 31.8 Å². The zero-order chi connectivity index (χ0) is 15.7. The highest BCUT2D eigenvalue weighted by molar-refractivity contribution is 5.22. The molecule has 0 amide bonds. The van der Waals surface area contributed by atoms with Gasteiger partial charge < -0.3 is 23.7 Å². The van der Waals surface area contributed by atoms with Crippen LogP contribution < -0.4 is 4.74 Å². The van der Waals surface area contributed by atoms with Crippen molar-refractivity contribution >= 4 is 0 Å². The first-order valence-corrected chi connectivity index (χ1v) is 8.12. The number of nitrogens with zero attached hydrogens (tertiary/aromatic N) is 1. The van der Waals surface area contributed by atoms with Crippen molar-refractivity contribution in [2.24, 2.45) is 0 Å². The number of hydrogen-bond donors (Lipinski definition) is 0. The summed E-state index contributed by atoms with van der Waals surface area (Å²) in [6.45, 7) is 3.02. The third kappa shape index (κ3) is 5.28. The van der Waals surface area contributed by atoms with Gasteiger partial charge in [-0.25, -0.2) is 4.98 Å². The topological polar surface area (TPSA) is 59.0 Å². The molecule has 0 saturated carbocycles. The summed E-state index contributed by atoms with van der Waals surface area (Å²) in [4.78, 5) is 4.18. The van der Waals surface area contributed by atoms with Gasteiger partial charge >= 0.3 is 0 Å². The maximum absolute atomic E-state index is 5.61. The molecule has 2 aliphatic heterocycles. The van der Waals surface area contributed by atoms with Gasteiger partial charge in [0, 0.05) is 24.4 Å². The van der Waals surface area contributed by atoms with E-state index in [4.69, 9.17) is 23.7 Å². The SMILES string of the molecule is C(=C/COC1CCCCO1)/COc1cc(C2OCCO2)ccn1. The van der Waals surface area contributed by atoms with Crippen molar-refractivity contribution < 1.29 is 23.7 Å². The van der Waals surface area contributed by atoms with Crippen LogP contribution in [0, 0.1) is 0 Å². The summed E-state index contributed by atoms with van der Waals surface area (Å²) in [6.07, 6.45) is 8.47. The van der Waals surface area contributed by atoms with Crippen LogP contribution in [0.3, 0.4) is 0 Å². The van der Waals surface area contributed by atoms with Crippen molar-refractivity contribution in [3.05, 3.63) is 36.0 Å². The molecule has 0 aromatic carbocycles. The van der Waals surface area contributed by atoms with E-state index in [9.17, 15) is 0 Å². The summed E-state index contributed by atoms with van der Waals surface area (Å²) in [6, 6.07) is 3.72. The normalized spacial score (nSPS) is 22.7. The van der Waals surface area contributed by atoms with Gasteiger partial charge in [-0.2, -0.15) is 0 Å². The van der Waals surface area contributed by atoms with Gasteiger partial charge in [-0.05, 0) is 31.4 Å². The summed E-state index contributed by atoms with van der Waals surface area (Å²) >= 11 is 0. The average Bonchev–Trinajstić information content (AvgIpc) is 3.14. The standard InChI is InChI=1S/C17H23NO5/c1-2-9-20-16(5-1)21-10-4-3-8-19-15-13-14(6-7-18-15)17-22-11-12-23-17/h3-4,6-7,13,16-17H,1-2,5,8-12H2/b4-3-. The van der Waals surface area contributed by atoms with E-state index in [1.807, 2.05) is 24.3 Å². The molecule has 6 nitrogen and oxygen atoms in total. The molecular formula is C17H23NO5.